The van der Waals surface area contributed by atoms with Gasteiger partial charge in [-0.15, -0.1) is 0 Å². The first kappa shape index (κ1) is 13.5. The molecule has 0 saturated heterocycles. The maximum atomic E-state index is 12.5. The molecule has 0 radical (unpaired) electrons. The molecule has 4 nitrogen and oxygen atoms in total. The lowest BCUT2D eigenvalue weighted by Gasteiger charge is -2.21. The third-order valence-electron chi connectivity index (χ3n) is 5.09. The van der Waals surface area contributed by atoms with Crippen molar-refractivity contribution >= 4 is 28.1 Å². The lowest BCUT2D eigenvalue weighted by Crippen LogP contribution is -2.39. The topological polar surface area (TPSA) is 42.2 Å². The Bertz CT molecular complexity index is 1020. The van der Waals surface area contributed by atoms with Crippen molar-refractivity contribution in [2.75, 3.05) is 12.4 Å². The van der Waals surface area contributed by atoms with Crippen molar-refractivity contribution in [2.24, 2.45) is 0 Å². The molecule has 0 atom stereocenters. The highest BCUT2D eigenvalue weighted by Crippen LogP contribution is 2.44. The van der Waals surface area contributed by atoms with E-state index in [-0.39, 0.29) is 5.97 Å². The van der Waals surface area contributed by atoms with Crippen molar-refractivity contribution in [3.63, 3.8) is 0 Å². The molecular weight excluding hydrogens is 300 g/mol. The third kappa shape index (κ3) is 1.63. The smallest absolute Gasteiger partial charge is 0.344 e. The number of nitrogens with zero attached hydrogens (tertiary/aromatic N) is 1. The van der Waals surface area contributed by atoms with E-state index in [0.717, 1.165) is 52.8 Å². The van der Waals surface area contributed by atoms with E-state index in [1.807, 2.05) is 18.2 Å². The number of hydrogen-bond acceptors (Lipinski definition) is 3. The minimum atomic E-state index is -0.247. The molecule has 0 amide bonds. The number of fused-ring (bicyclic) bond motifs is 4. The van der Waals surface area contributed by atoms with Gasteiger partial charge in [-0.3, -0.25) is 0 Å². The molecule has 1 aromatic heterocycles. The first-order valence-corrected chi connectivity index (χ1v) is 8.25. The number of esters is 1. The molecule has 0 spiro atoms. The molecule has 4 heteroatoms. The number of para-hydroxylation sites is 1. The monoisotopic (exact) mass is 317 g/mol. The summed E-state index contributed by atoms with van der Waals surface area (Å²) < 4.78 is 7.42. The summed E-state index contributed by atoms with van der Waals surface area (Å²) in [5, 5.41) is 5.60. The molecule has 0 unspecified atom stereocenters. The Morgan fingerprint density at radius 3 is 2.83 bits per heavy atom. The fourth-order valence-corrected chi connectivity index (χ4v) is 4.15. The molecule has 0 aliphatic carbocycles. The molecule has 0 saturated carbocycles. The lowest BCUT2D eigenvalue weighted by molar-refractivity contribution is -0.678. The van der Waals surface area contributed by atoms with E-state index in [9.17, 15) is 4.79 Å². The highest BCUT2D eigenvalue weighted by atomic mass is 16.5. The summed E-state index contributed by atoms with van der Waals surface area (Å²) in [6.45, 7) is 0.938. The van der Waals surface area contributed by atoms with Crippen LogP contribution in [0.2, 0.25) is 0 Å². The van der Waals surface area contributed by atoms with Gasteiger partial charge >= 0.3 is 5.97 Å². The van der Waals surface area contributed by atoms with Gasteiger partial charge < -0.3 is 10.1 Å². The Morgan fingerprint density at radius 2 is 1.96 bits per heavy atom. The first-order valence-electron chi connectivity index (χ1n) is 8.25. The normalized spacial score (nSPS) is 14.0. The van der Waals surface area contributed by atoms with Crippen molar-refractivity contribution in [3.8, 4) is 11.3 Å². The minimum Gasteiger partial charge on any atom is -0.465 e. The predicted octanol–water partition coefficient (Wildman–Crippen LogP) is 3.58. The summed E-state index contributed by atoms with van der Waals surface area (Å²) in [4.78, 5) is 12.5. The molecule has 118 valence electrons. The maximum Gasteiger partial charge on any atom is 0.344 e. The van der Waals surface area contributed by atoms with E-state index in [2.05, 4.69) is 34.1 Å². The summed E-state index contributed by atoms with van der Waals surface area (Å²) in [7, 11) is 1.46. The summed E-state index contributed by atoms with van der Waals surface area (Å²) in [5.41, 5.74) is 6.39. The van der Waals surface area contributed by atoms with Crippen molar-refractivity contribution in [1.82, 2.24) is 0 Å². The van der Waals surface area contributed by atoms with Crippen molar-refractivity contribution < 1.29 is 14.1 Å². The van der Waals surface area contributed by atoms with E-state index in [1.54, 1.807) is 0 Å². The van der Waals surface area contributed by atoms with E-state index < -0.39 is 0 Å². The fourth-order valence-electron chi connectivity index (χ4n) is 4.15. The number of benzene rings is 2. The molecule has 2 aromatic carbocycles. The number of hydrogen-bond donors (Lipinski definition) is 1. The van der Waals surface area contributed by atoms with Crippen LogP contribution in [0.3, 0.4) is 0 Å². The Kier molecular flexibility index (Phi) is 2.71. The van der Waals surface area contributed by atoms with Crippen LogP contribution in [0.5, 0.6) is 0 Å². The van der Waals surface area contributed by atoms with Crippen molar-refractivity contribution in [3.05, 3.63) is 53.7 Å². The third-order valence-corrected chi connectivity index (χ3v) is 5.09. The van der Waals surface area contributed by atoms with E-state index in [0.29, 0.717) is 0 Å². The molecule has 24 heavy (non-hydrogen) atoms. The van der Waals surface area contributed by atoms with Gasteiger partial charge in [-0.1, -0.05) is 24.3 Å². The lowest BCUT2D eigenvalue weighted by atomic mass is 9.93. The molecule has 3 heterocycles. The molecular formula is C20H17N2O2+. The Balaban J connectivity index is 2.01. The number of nitrogens with one attached hydrogen (secondary N) is 1. The number of pyridine rings is 1. The zero-order valence-electron chi connectivity index (χ0n) is 13.4. The highest BCUT2D eigenvalue weighted by Gasteiger charge is 2.37. The van der Waals surface area contributed by atoms with Crippen LogP contribution in [-0.2, 0) is 17.7 Å². The van der Waals surface area contributed by atoms with Crippen molar-refractivity contribution in [2.45, 2.75) is 19.4 Å². The summed E-state index contributed by atoms with van der Waals surface area (Å²) in [5.74, 6) is -0.247. The Hall–Kier alpha value is -2.88. The van der Waals surface area contributed by atoms with Gasteiger partial charge in [-0.2, -0.15) is 4.57 Å². The summed E-state index contributed by atoms with van der Waals surface area (Å²) in [6.07, 6.45) is 1.96. The molecule has 0 bridgehead atoms. The van der Waals surface area contributed by atoms with Gasteiger partial charge in [0.1, 0.15) is 12.1 Å². The number of anilines is 2. The molecule has 3 aromatic rings. The zero-order valence-corrected chi connectivity index (χ0v) is 13.4. The average Bonchev–Trinajstić information content (AvgIpc) is 3.10. The molecule has 2 aliphatic heterocycles. The van der Waals surface area contributed by atoms with E-state index in [1.165, 1.54) is 18.4 Å². The second-order valence-electron chi connectivity index (χ2n) is 6.32. The quantitative estimate of drug-likeness (QED) is 0.431. The summed E-state index contributed by atoms with van der Waals surface area (Å²) >= 11 is 0. The number of ether oxygens (including phenoxy) is 1. The SMILES string of the molecule is COC(=O)c1c2[n+](c3c4c(cccc14)Nc1ccccc1-3)CCC2. The average molecular weight is 317 g/mol. The number of aromatic nitrogens is 1. The predicted molar refractivity (Wildman–Crippen MR) is 92.5 cm³/mol. The van der Waals surface area contributed by atoms with Gasteiger partial charge in [-0.05, 0) is 18.2 Å². The Morgan fingerprint density at radius 1 is 1.12 bits per heavy atom. The molecule has 2 aliphatic rings. The minimum absolute atomic E-state index is 0.247. The number of carbonyl (C=O) groups excluding carboxylic acids is 1. The second kappa shape index (κ2) is 4.81. The van der Waals surface area contributed by atoms with Crippen LogP contribution >= 0.6 is 0 Å². The van der Waals surface area contributed by atoms with E-state index in [4.69, 9.17) is 4.74 Å². The van der Waals surface area contributed by atoms with Crippen LogP contribution in [0.25, 0.3) is 22.0 Å². The van der Waals surface area contributed by atoms with Gasteiger partial charge in [0.2, 0.25) is 5.69 Å². The van der Waals surface area contributed by atoms with Crippen LogP contribution in [0.15, 0.2) is 42.5 Å². The van der Waals surface area contributed by atoms with Crippen molar-refractivity contribution in [1.29, 1.82) is 0 Å². The van der Waals surface area contributed by atoms with Gasteiger partial charge in [-0.25, -0.2) is 4.79 Å². The number of rotatable bonds is 1. The van der Waals surface area contributed by atoms with Crippen LogP contribution in [0, 0.1) is 0 Å². The van der Waals surface area contributed by atoms with Crippen LogP contribution in [0.4, 0.5) is 11.4 Å². The Labute approximate surface area is 139 Å². The van der Waals surface area contributed by atoms with E-state index >= 15 is 0 Å². The zero-order chi connectivity index (χ0) is 16.3. The number of methoxy groups -OCH3 is 1. The largest absolute Gasteiger partial charge is 0.465 e. The van der Waals surface area contributed by atoms with Gasteiger partial charge in [0.25, 0.3) is 0 Å². The fraction of sp³-hybridized carbons (Fsp3) is 0.200. The maximum absolute atomic E-state index is 12.5. The van der Waals surface area contributed by atoms with Gasteiger partial charge in [0, 0.05) is 18.2 Å². The highest BCUT2D eigenvalue weighted by molar-refractivity contribution is 6.15. The second-order valence-corrected chi connectivity index (χ2v) is 6.32. The molecule has 1 N–H and O–H groups in total. The molecule has 0 fully saturated rings. The summed E-state index contributed by atoms with van der Waals surface area (Å²) in [6, 6.07) is 14.5. The number of carbonyl (C=O) groups is 1. The standard InChI is InChI=1S/C20H16N2O2/c1-24-20(23)18-13-7-4-9-15-17(13)19(22-11-5-10-16(18)22)12-6-2-3-8-14(12)21-15/h2-4,6-9H,5,10-11H2,1H3/p+1. The molecule has 5 rings (SSSR count). The van der Waals surface area contributed by atoms with Crippen LogP contribution in [0.1, 0.15) is 22.5 Å². The van der Waals surface area contributed by atoms with Crippen LogP contribution in [-0.4, -0.2) is 13.1 Å². The van der Waals surface area contributed by atoms with Crippen LogP contribution < -0.4 is 9.88 Å². The first-order chi connectivity index (χ1) is 11.8. The van der Waals surface area contributed by atoms with Gasteiger partial charge in [0.05, 0.1) is 29.4 Å². The van der Waals surface area contributed by atoms with Gasteiger partial charge in [0.15, 0.2) is 5.69 Å².